The fraction of sp³-hybridized carbons (Fsp3) is 0.133. The van der Waals surface area contributed by atoms with Crippen LogP contribution in [0.1, 0.15) is 5.56 Å². The van der Waals surface area contributed by atoms with Crippen LogP contribution < -0.4 is 11.1 Å². The second-order valence-corrected chi connectivity index (χ2v) is 5.14. The number of benzene rings is 2. The van der Waals surface area contributed by atoms with Crippen LogP contribution in [0.2, 0.25) is 5.02 Å². The minimum atomic E-state index is 0.731. The molecule has 0 unspecified atom stereocenters. The second-order valence-electron chi connectivity index (χ2n) is 4.70. The highest BCUT2D eigenvalue weighted by Gasteiger charge is 2.03. The summed E-state index contributed by atoms with van der Waals surface area (Å²) >= 11 is 5.87. The lowest BCUT2D eigenvalue weighted by atomic mass is 10.1. The number of hydrogen-bond donors (Lipinski definition) is 3. The molecule has 102 valence electrons. The van der Waals surface area contributed by atoms with E-state index in [0.717, 1.165) is 40.3 Å². The molecule has 4 N–H and O–H groups in total. The number of aromatic amines is 1. The summed E-state index contributed by atoms with van der Waals surface area (Å²) < 4.78 is 0. The van der Waals surface area contributed by atoms with Crippen LogP contribution in [0.25, 0.3) is 10.9 Å². The number of H-pyrrole nitrogens is 1. The van der Waals surface area contributed by atoms with Crippen LogP contribution in [0.3, 0.4) is 0 Å². The summed E-state index contributed by atoms with van der Waals surface area (Å²) in [5.74, 6) is 0. The molecule has 20 heavy (non-hydrogen) atoms. The van der Waals surface area contributed by atoms with Crippen LogP contribution in [-0.4, -0.2) is 16.7 Å². The monoisotopic (exact) mass is 286 g/mol. The van der Waals surface area contributed by atoms with Gasteiger partial charge in [-0.05, 0) is 36.2 Å². The van der Waals surface area contributed by atoms with Gasteiger partial charge in [0.25, 0.3) is 0 Å². The van der Waals surface area contributed by atoms with Gasteiger partial charge in [-0.15, -0.1) is 0 Å². The number of nitrogens with two attached hydrogens (primary N) is 1. The van der Waals surface area contributed by atoms with Crippen molar-refractivity contribution in [2.45, 2.75) is 6.42 Å². The molecule has 0 spiro atoms. The Kier molecular flexibility index (Phi) is 3.48. The van der Waals surface area contributed by atoms with E-state index < -0.39 is 0 Å². The number of nitrogens with one attached hydrogen (secondary N) is 2. The third kappa shape index (κ3) is 2.70. The molecule has 0 aliphatic rings. The maximum absolute atomic E-state index is 6.02. The van der Waals surface area contributed by atoms with Crippen LogP contribution in [0.4, 0.5) is 11.4 Å². The topological polar surface area (TPSA) is 66.7 Å². The van der Waals surface area contributed by atoms with E-state index in [1.165, 1.54) is 5.56 Å². The zero-order valence-corrected chi connectivity index (χ0v) is 11.6. The summed E-state index contributed by atoms with van der Waals surface area (Å²) in [7, 11) is 0. The Hall–Kier alpha value is -2.20. The SMILES string of the molecule is Nc1cc2cn[nH]c2cc1NCCc1ccc(Cl)cc1. The molecule has 1 heterocycles. The van der Waals surface area contributed by atoms with Crippen molar-refractivity contribution in [1.82, 2.24) is 10.2 Å². The lowest BCUT2D eigenvalue weighted by Crippen LogP contribution is -2.06. The highest BCUT2D eigenvalue weighted by atomic mass is 35.5. The summed E-state index contributed by atoms with van der Waals surface area (Å²) in [6, 6.07) is 11.8. The van der Waals surface area contributed by atoms with Gasteiger partial charge < -0.3 is 11.1 Å². The van der Waals surface area contributed by atoms with Crippen molar-refractivity contribution in [3.8, 4) is 0 Å². The Bertz CT molecular complexity index is 718. The van der Waals surface area contributed by atoms with Gasteiger partial charge in [-0.1, -0.05) is 23.7 Å². The predicted molar refractivity (Wildman–Crippen MR) is 84.2 cm³/mol. The van der Waals surface area contributed by atoms with Crippen molar-refractivity contribution < 1.29 is 0 Å². The molecular weight excluding hydrogens is 272 g/mol. The van der Waals surface area contributed by atoms with Gasteiger partial charge >= 0.3 is 0 Å². The molecule has 3 aromatic rings. The molecule has 0 atom stereocenters. The molecular formula is C15H15ClN4. The van der Waals surface area contributed by atoms with Gasteiger partial charge in [-0.3, -0.25) is 5.10 Å². The van der Waals surface area contributed by atoms with E-state index in [1.54, 1.807) is 6.20 Å². The predicted octanol–water partition coefficient (Wildman–Crippen LogP) is 3.45. The molecule has 0 bridgehead atoms. The molecule has 5 heteroatoms. The van der Waals surface area contributed by atoms with E-state index in [4.69, 9.17) is 17.3 Å². The summed E-state index contributed by atoms with van der Waals surface area (Å²) in [6.45, 7) is 0.811. The van der Waals surface area contributed by atoms with Crippen molar-refractivity contribution in [1.29, 1.82) is 0 Å². The van der Waals surface area contributed by atoms with Crippen LogP contribution >= 0.6 is 11.6 Å². The number of rotatable bonds is 4. The van der Waals surface area contributed by atoms with E-state index in [-0.39, 0.29) is 0 Å². The van der Waals surface area contributed by atoms with Gasteiger partial charge in [-0.2, -0.15) is 5.10 Å². The van der Waals surface area contributed by atoms with E-state index in [9.17, 15) is 0 Å². The Labute approximate surface area is 121 Å². The highest BCUT2D eigenvalue weighted by molar-refractivity contribution is 6.30. The Morgan fingerprint density at radius 3 is 2.80 bits per heavy atom. The van der Waals surface area contributed by atoms with Crippen molar-refractivity contribution in [3.05, 3.63) is 53.2 Å². The minimum absolute atomic E-state index is 0.731. The highest BCUT2D eigenvalue weighted by Crippen LogP contribution is 2.24. The average Bonchev–Trinajstić information content (AvgIpc) is 2.88. The quantitative estimate of drug-likeness (QED) is 0.644. The molecule has 1 aromatic heterocycles. The molecule has 0 saturated carbocycles. The zero-order valence-electron chi connectivity index (χ0n) is 10.9. The Morgan fingerprint density at radius 2 is 2.00 bits per heavy atom. The molecule has 2 aromatic carbocycles. The summed E-state index contributed by atoms with van der Waals surface area (Å²) in [5, 5.41) is 12.1. The molecule has 0 saturated heterocycles. The Balaban J connectivity index is 1.67. The van der Waals surface area contributed by atoms with Crippen LogP contribution in [0.5, 0.6) is 0 Å². The second kappa shape index (κ2) is 5.43. The largest absolute Gasteiger partial charge is 0.397 e. The van der Waals surface area contributed by atoms with Crippen molar-refractivity contribution in [2.75, 3.05) is 17.6 Å². The third-order valence-electron chi connectivity index (χ3n) is 3.25. The first-order valence-corrected chi connectivity index (χ1v) is 6.81. The van der Waals surface area contributed by atoms with Gasteiger partial charge in [0.2, 0.25) is 0 Å². The zero-order chi connectivity index (χ0) is 13.9. The number of aromatic nitrogens is 2. The van der Waals surface area contributed by atoms with Crippen molar-refractivity contribution in [2.24, 2.45) is 0 Å². The molecule has 0 aliphatic heterocycles. The molecule has 0 radical (unpaired) electrons. The number of halogens is 1. The number of nitrogen functional groups attached to an aromatic ring is 1. The fourth-order valence-electron chi connectivity index (χ4n) is 2.15. The maximum Gasteiger partial charge on any atom is 0.0672 e. The van der Waals surface area contributed by atoms with E-state index in [2.05, 4.69) is 15.5 Å². The van der Waals surface area contributed by atoms with Gasteiger partial charge in [-0.25, -0.2) is 0 Å². The van der Waals surface area contributed by atoms with E-state index in [1.807, 2.05) is 36.4 Å². The number of hydrogen-bond acceptors (Lipinski definition) is 3. The first kappa shape index (κ1) is 12.8. The van der Waals surface area contributed by atoms with Gasteiger partial charge in [0.1, 0.15) is 0 Å². The molecule has 3 rings (SSSR count). The lowest BCUT2D eigenvalue weighted by molar-refractivity contribution is 1.02. The number of nitrogens with zero attached hydrogens (tertiary/aromatic N) is 1. The summed E-state index contributed by atoms with van der Waals surface area (Å²) in [6.07, 6.45) is 2.68. The van der Waals surface area contributed by atoms with Gasteiger partial charge in [0, 0.05) is 17.0 Å². The number of anilines is 2. The van der Waals surface area contributed by atoms with Crippen molar-refractivity contribution >= 4 is 33.9 Å². The first-order valence-electron chi connectivity index (χ1n) is 6.43. The van der Waals surface area contributed by atoms with Gasteiger partial charge in [0.05, 0.1) is 23.1 Å². The molecule has 0 aliphatic carbocycles. The van der Waals surface area contributed by atoms with Gasteiger partial charge in [0.15, 0.2) is 0 Å². The van der Waals surface area contributed by atoms with Crippen LogP contribution in [-0.2, 0) is 6.42 Å². The Morgan fingerprint density at radius 1 is 1.20 bits per heavy atom. The lowest BCUT2D eigenvalue weighted by Gasteiger charge is -2.09. The van der Waals surface area contributed by atoms with E-state index >= 15 is 0 Å². The smallest absolute Gasteiger partial charge is 0.0672 e. The van der Waals surface area contributed by atoms with Crippen LogP contribution in [0.15, 0.2) is 42.6 Å². The summed E-state index contributed by atoms with van der Waals surface area (Å²) in [5.41, 5.74) is 9.90. The normalized spacial score (nSPS) is 10.8. The third-order valence-corrected chi connectivity index (χ3v) is 3.50. The maximum atomic E-state index is 6.02. The molecule has 4 nitrogen and oxygen atoms in total. The molecule has 0 amide bonds. The fourth-order valence-corrected chi connectivity index (χ4v) is 2.28. The van der Waals surface area contributed by atoms with Crippen LogP contribution in [0, 0.1) is 0 Å². The van der Waals surface area contributed by atoms with Crippen molar-refractivity contribution in [3.63, 3.8) is 0 Å². The first-order chi connectivity index (χ1) is 9.72. The average molecular weight is 287 g/mol. The summed E-state index contributed by atoms with van der Waals surface area (Å²) in [4.78, 5) is 0. The minimum Gasteiger partial charge on any atom is -0.397 e. The number of fused-ring (bicyclic) bond motifs is 1. The molecule has 0 fully saturated rings. The van der Waals surface area contributed by atoms with E-state index in [0.29, 0.717) is 0 Å². The standard InChI is InChI=1S/C15H15ClN4/c16-12-3-1-10(2-4-12)5-6-18-15-8-14-11(7-13(15)17)9-19-20-14/h1-4,7-9,18H,5-6,17H2,(H,19,20).